The number of amides is 1. The summed E-state index contributed by atoms with van der Waals surface area (Å²) in [4.78, 5) is 14.4. The number of aromatic nitrogens is 2. The molecule has 1 aromatic carbocycles. The lowest BCUT2D eigenvalue weighted by molar-refractivity contribution is -0.121. The van der Waals surface area contributed by atoms with E-state index in [1.54, 1.807) is 0 Å². The minimum absolute atomic E-state index is 0.114. The highest BCUT2D eigenvalue weighted by molar-refractivity contribution is 7.71. The first kappa shape index (κ1) is 15.6. The number of nitrogens with one attached hydrogen (secondary N) is 2. The number of rotatable bonds is 5. The van der Waals surface area contributed by atoms with Crippen molar-refractivity contribution in [2.75, 3.05) is 6.54 Å². The standard InChI is InChI=1S/C14H17F2N3OS/c1-8(2)7-17-12(20)3-4-19-11-6-9(15)5-10(16)13(11)18-14(19)21/h5-6,8H,3-4,7H2,1-2H3,(H,17,20)(H,18,21). The van der Waals surface area contributed by atoms with Crippen LogP contribution >= 0.6 is 12.2 Å². The maximum Gasteiger partial charge on any atom is 0.221 e. The van der Waals surface area contributed by atoms with Crippen molar-refractivity contribution in [1.82, 2.24) is 14.9 Å². The van der Waals surface area contributed by atoms with Crippen molar-refractivity contribution in [2.24, 2.45) is 5.92 Å². The van der Waals surface area contributed by atoms with Gasteiger partial charge in [-0.25, -0.2) is 8.78 Å². The number of benzene rings is 1. The molecule has 2 N–H and O–H groups in total. The molecule has 0 atom stereocenters. The lowest BCUT2D eigenvalue weighted by Crippen LogP contribution is -2.28. The average molecular weight is 313 g/mol. The van der Waals surface area contributed by atoms with Gasteiger partial charge in [-0.3, -0.25) is 4.79 Å². The number of carbonyl (C=O) groups excluding carboxylic acids is 1. The molecule has 1 aromatic heterocycles. The molecule has 0 unspecified atom stereocenters. The van der Waals surface area contributed by atoms with Crippen LogP contribution in [-0.4, -0.2) is 22.0 Å². The molecule has 0 radical (unpaired) electrons. The number of halogens is 2. The second-order valence-electron chi connectivity index (χ2n) is 5.31. The molecule has 114 valence electrons. The van der Waals surface area contributed by atoms with Gasteiger partial charge in [-0.05, 0) is 24.2 Å². The zero-order chi connectivity index (χ0) is 15.6. The number of hydrogen-bond donors (Lipinski definition) is 2. The fourth-order valence-corrected chi connectivity index (χ4v) is 2.31. The Morgan fingerprint density at radius 2 is 2.14 bits per heavy atom. The minimum Gasteiger partial charge on any atom is -0.356 e. The van der Waals surface area contributed by atoms with Crippen LogP contribution in [0.4, 0.5) is 8.78 Å². The van der Waals surface area contributed by atoms with Crippen molar-refractivity contribution in [3.63, 3.8) is 0 Å². The third-order valence-electron chi connectivity index (χ3n) is 3.07. The lowest BCUT2D eigenvalue weighted by Gasteiger charge is -2.08. The first-order valence-corrected chi connectivity index (χ1v) is 7.13. The molecule has 0 bridgehead atoms. The molecule has 1 amide bonds. The first-order chi connectivity index (χ1) is 9.88. The van der Waals surface area contributed by atoms with Gasteiger partial charge in [0, 0.05) is 25.6 Å². The smallest absolute Gasteiger partial charge is 0.221 e. The highest BCUT2D eigenvalue weighted by Gasteiger charge is 2.12. The van der Waals surface area contributed by atoms with Crippen molar-refractivity contribution in [1.29, 1.82) is 0 Å². The Morgan fingerprint density at radius 1 is 1.43 bits per heavy atom. The van der Waals surface area contributed by atoms with E-state index in [1.807, 2.05) is 13.8 Å². The van der Waals surface area contributed by atoms with Gasteiger partial charge in [-0.1, -0.05) is 13.8 Å². The van der Waals surface area contributed by atoms with Crippen molar-refractivity contribution in [3.05, 3.63) is 28.5 Å². The summed E-state index contributed by atoms with van der Waals surface area (Å²) < 4.78 is 28.8. The SMILES string of the molecule is CC(C)CNC(=O)CCn1c(=S)[nH]c2c(F)cc(F)cc21. The highest BCUT2D eigenvalue weighted by Crippen LogP contribution is 2.19. The van der Waals surface area contributed by atoms with Crippen molar-refractivity contribution in [3.8, 4) is 0 Å². The Bertz CT molecular complexity index is 721. The molecule has 0 saturated heterocycles. The number of H-pyrrole nitrogens is 1. The topological polar surface area (TPSA) is 49.8 Å². The van der Waals surface area contributed by atoms with E-state index in [0.29, 0.717) is 18.0 Å². The number of aryl methyl sites for hydroxylation is 1. The van der Waals surface area contributed by atoms with Crippen LogP contribution in [0.2, 0.25) is 0 Å². The predicted octanol–water partition coefficient (Wildman–Crippen LogP) is 3.14. The molecule has 1 heterocycles. The molecule has 0 saturated carbocycles. The summed E-state index contributed by atoms with van der Waals surface area (Å²) >= 11 is 5.10. The summed E-state index contributed by atoms with van der Waals surface area (Å²) in [7, 11) is 0. The Morgan fingerprint density at radius 3 is 2.81 bits per heavy atom. The van der Waals surface area contributed by atoms with Gasteiger partial charge >= 0.3 is 0 Å². The predicted molar refractivity (Wildman–Crippen MR) is 79.5 cm³/mol. The summed E-state index contributed by atoms with van der Waals surface area (Å²) in [6.07, 6.45) is 0.201. The van der Waals surface area contributed by atoms with Gasteiger partial charge in [0.05, 0.1) is 5.52 Å². The summed E-state index contributed by atoms with van der Waals surface area (Å²) in [5.41, 5.74) is 0.484. The van der Waals surface area contributed by atoms with Crippen LogP contribution < -0.4 is 5.32 Å². The van der Waals surface area contributed by atoms with Gasteiger partial charge in [0.25, 0.3) is 0 Å². The van der Waals surface area contributed by atoms with Gasteiger partial charge in [0.15, 0.2) is 10.6 Å². The average Bonchev–Trinajstić information content (AvgIpc) is 2.70. The molecule has 0 spiro atoms. The summed E-state index contributed by atoms with van der Waals surface area (Å²) in [5.74, 6) is -1.12. The molecule has 0 fully saturated rings. The van der Waals surface area contributed by atoms with E-state index in [4.69, 9.17) is 12.2 Å². The monoisotopic (exact) mass is 313 g/mol. The summed E-state index contributed by atoms with van der Waals surface area (Å²) in [5, 5.41) is 2.79. The molecule has 21 heavy (non-hydrogen) atoms. The van der Waals surface area contributed by atoms with E-state index in [1.165, 1.54) is 10.6 Å². The highest BCUT2D eigenvalue weighted by atomic mass is 32.1. The molecule has 0 aliphatic carbocycles. The number of aromatic amines is 1. The molecule has 2 aromatic rings. The van der Waals surface area contributed by atoms with Crippen LogP contribution in [0.25, 0.3) is 11.0 Å². The van der Waals surface area contributed by atoms with E-state index < -0.39 is 11.6 Å². The second kappa shape index (κ2) is 6.34. The van der Waals surface area contributed by atoms with Crippen LogP contribution in [0.1, 0.15) is 20.3 Å². The normalized spacial score (nSPS) is 11.3. The molecule has 4 nitrogen and oxygen atoms in total. The zero-order valence-corrected chi connectivity index (χ0v) is 12.7. The van der Waals surface area contributed by atoms with Gasteiger partial charge in [-0.2, -0.15) is 0 Å². The van der Waals surface area contributed by atoms with Gasteiger partial charge in [0.2, 0.25) is 5.91 Å². The van der Waals surface area contributed by atoms with Crippen LogP contribution in [0.5, 0.6) is 0 Å². The fraction of sp³-hybridized carbons (Fsp3) is 0.429. The van der Waals surface area contributed by atoms with Gasteiger partial charge in [0.1, 0.15) is 11.3 Å². The second-order valence-corrected chi connectivity index (χ2v) is 5.70. The first-order valence-electron chi connectivity index (χ1n) is 6.72. The molecule has 0 aliphatic rings. The van der Waals surface area contributed by atoms with E-state index in [0.717, 1.165) is 6.07 Å². The Balaban J connectivity index is 2.17. The Labute approximate surface area is 126 Å². The van der Waals surface area contributed by atoms with Crippen LogP contribution in [0.3, 0.4) is 0 Å². The molecule has 2 rings (SSSR count). The summed E-state index contributed by atoms with van der Waals surface area (Å²) in [6.45, 7) is 4.87. The number of carbonyl (C=O) groups is 1. The quantitative estimate of drug-likeness (QED) is 0.833. The largest absolute Gasteiger partial charge is 0.356 e. The molecular formula is C14H17F2N3OS. The molecular weight excluding hydrogens is 296 g/mol. The van der Waals surface area contributed by atoms with E-state index in [9.17, 15) is 13.6 Å². The van der Waals surface area contributed by atoms with Gasteiger partial charge < -0.3 is 14.9 Å². The minimum atomic E-state index is -0.695. The molecule has 7 heteroatoms. The number of hydrogen-bond acceptors (Lipinski definition) is 2. The number of nitrogens with zero attached hydrogens (tertiary/aromatic N) is 1. The Hall–Kier alpha value is -1.76. The van der Waals surface area contributed by atoms with Crippen LogP contribution in [0.15, 0.2) is 12.1 Å². The van der Waals surface area contributed by atoms with Crippen LogP contribution in [-0.2, 0) is 11.3 Å². The molecule has 0 aliphatic heterocycles. The zero-order valence-electron chi connectivity index (χ0n) is 11.9. The van der Waals surface area contributed by atoms with Crippen LogP contribution in [0, 0.1) is 22.3 Å². The van der Waals surface area contributed by atoms with Crippen molar-refractivity contribution >= 4 is 29.2 Å². The third kappa shape index (κ3) is 3.66. The van der Waals surface area contributed by atoms with Gasteiger partial charge in [-0.15, -0.1) is 0 Å². The lowest BCUT2D eigenvalue weighted by atomic mass is 10.2. The summed E-state index contributed by atoms with van der Waals surface area (Å²) in [6, 6.07) is 2.00. The maximum atomic E-state index is 13.6. The fourth-order valence-electron chi connectivity index (χ4n) is 2.02. The van der Waals surface area contributed by atoms with E-state index in [-0.39, 0.29) is 29.2 Å². The third-order valence-corrected chi connectivity index (χ3v) is 3.39. The van der Waals surface area contributed by atoms with E-state index >= 15 is 0 Å². The maximum absolute atomic E-state index is 13.6. The number of imidazole rings is 1. The van der Waals surface area contributed by atoms with Crippen molar-refractivity contribution < 1.29 is 13.6 Å². The van der Waals surface area contributed by atoms with Crippen molar-refractivity contribution in [2.45, 2.75) is 26.8 Å². The van der Waals surface area contributed by atoms with E-state index in [2.05, 4.69) is 10.3 Å². The number of fused-ring (bicyclic) bond motifs is 1. The Kier molecular flexibility index (Phi) is 4.72.